The second-order valence-electron chi connectivity index (χ2n) is 5.23. The van der Waals surface area contributed by atoms with Crippen molar-refractivity contribution in [3.05, 3.63) is 11.6 Å². The van der Waals surface area contributed by atoms with E-state index >= 15 is 0 Å². The van der Waals surface area contributed by atoms with Gasteiger partial charge in [0.15, 0.2) is 11.6 Å². The van der Waals surface area contributed by atoms with Crippen LogP contribution in [0.1, 0.15) is 12.8 Å². The van der Waals surface area contributed by atoms with Gasteiger partial charge in [-0.05, 0) is 12.8 Å². The molecular formula is C13H22N4O2S. The molecule has 20 heavy (non-hydrogen) atoms. The first-order valence-corrected chi connectivity index (χ1v) is 8.73. The predicted octanol–water partition coefficient (Wildman–Crippen LogP) is 0.377. The summed E-state index contributed by atoms with van der Waals surface area (Å²) in [6.07, 6.45) is 4.12. The molecule has 7 heteroatoms. The Hall–Kier alpha value is -0.920. The molecule has 112 valence electrons. The molecule has 0 aromatic heterocycles. The van der Waals surface area contributed by atoms with Gasteiger partial charge in [-0.1, -0.05) is 0 Å². The van der Waals surface area contributed by atoms with Crippen LogP contribution < -0.4 is 0 Å². The Morgan fingerprint density at radius 3 is 2.85 bits per heavy atom. The highest BCUT2D eigenvalue weighted by atomic mass is 32.2. The highest BCUT2D eigenvalue weighted by molar-refractivity contribution is 7.85. The van der Waals surface area contributed by atoms with Crippen molar-refractivity contribution in [2.45, 2.75) is 12.8 Å². The monoisotopic (exact) mass is 298 g/mol. The largest absolute Gasteiger partial charge is 0.488 e. The minimum absolute atomic E-state index is 0.233. The molecule has 0 aromatic carbocycles. The zero-order valence-corrected chi connectivity index (χ0v) is 12.7. The number of ether oxygens (including phenoxy) is 1. The number of hydrogen-bond acceptors (Lipinski definition) is 6. The summed E-state index contributed by atoms with van der Waals surface area (Å²) < 4.78 is 15.2. The first-order chi connectivity index (χ1) is 9.78. The van der Waals surface area contributed by atoms with Gasteiger partial charge in [-0.2, -0.15) is 4.36 Å². The Morgan fingerprint density at radius 1 is 1.30 bits per heavy atom. The van der Waals surface area contributed by atoms with Crippen LogP contribution in [0.2, 0.25) is 0 Å². The maximum absolute atomic E-state index is 9.00. The third kappa shape index (κ3) is 2.89. The molecule has 1 N–H and O–H groups in total. The van der Waals surface area contributed by atoms with Gasteiger partial charge in [0.1, 0.15) is 0 Å². The van der Waals surface area contributed by atoms with E-state index in [-0.39, 0.29) is 17.5 Å². The maximum atomic E-state index is 9.00. The smallest absolute Gasteiger partial charge is 0.184 e. The number of allylic oxidation sites excluding steroid dienone is 1. The quantitative estimate of drug-likeness (QED) is 0.818. The van der Waals surface area contributed by atoms with Crippen LogP contribution >= 0.6 is 0 Å². The molecule has 3 aliphatic rings. The summed E-state index contributed by atoms with van der Waals surface area (Å²) >= 11 is 0. The minimum atomic E-state index is -0.273. The summed E-state index contributed by atoms with van der Waals surface area (Å²) in [7, 11) is -0.273. The Morgan fingerprint density at radius 2 is 2.10 bits per heavy atom. The van der Waals surface area contributed by atoms with Crippen LogP contribution in [0.25, 0.3) is 0 Å². The molecule has 3 aliphatic heterocycles. The van der Waals surface area contributed by atoms with Gasteiger partial charge in [0.05, 0.1) is 18.9 Å². The Balaban J connectivity index is 1.76. The van der Waals surface area contributed by atoms with Crippen LogP contribution in [0.3, 0.4) is 0 Å². The molecule has 2 fully saturated rings. The highest BCUT2D eigenvalue weighted by Crippen LogP contribution is 2.26. The van der Waals surface area contributed by atoms with Crippen molar-refractivity contribution in [2.24, 2.45) is 8.76 Å². The van der Waals surface area contributed by atoms with Crippen LogP contribution in [0.5, 0.6) is 0 Å². The molecule has 6 nitrogen and oxygen atoms in total. The standard InChI is InChI=1S/C13H22N4O2S/c1-20-14-11-3-2-10-19-12(11)13(15-20)17-6-4-16(5-7-17)8-9-18/h18H,2-10H2,1H3. The lowest BCUT2D eigenvalue weighted by molar-refractivity contribution is 0.123. The van der Waals surface area contributed by atoms with Crippen LogP contribution in [-0.4, -0.2) is 72.8 Å². The molecule has 0 aliphatic carbocycles. The van der Waals surface area contributed by atoms with Gasteiger partial charge in [-0.25, -0.2) is 4.40 Å². The van der Waals surface area contributed by atoms with Crippen molar-refractivity contribution in [1.82, 2.24) is 9.80 Å². The number of rotatable bonds is 3. The van der Waals surface area contributed by atoms with Gasteiger partial charge >= 0.3 is 0 Å². The lowest BCUT2D eigenvalue weighted by atomic mass is 10.1. The Kier molecular flexibility index (Phi) is 4.38. The topological polar surface area (TPSA) is 60.7 Å². The van der Waals surface area contributed by atoms with Crippen molar-refractivity contribution >= 4 is 16.6 Å². The highest BCUT2D eigenvalue weighted by Gasteiger charge is 2.28. The van der Waals surface area contributed by atoms with Gasteiger partial charge < -0.3 is 14.7 Å². The minimum Gasteiger partial charge on any atom is -0.488 e. The first-order valence-electron chi connectivity index (χ1n) is 7.19. The molecule has 3 heterocycles. The van der Waals surface area contributed by atoms with E-state index < -0.39 is 0 Å². The van der Waals surface area contributed by atoms with Crippen molar-refractivity contribution in [3.8, 4) is 0 Å². The van der Waals surface area contributed by atoms with Gasteiger partial charge in [0, 0.05) is 49.9 Å². The molecule has 1 atom stereocenters. The molecular weight excluding hydrogens is 276 g/mol. The summed E-state index contributed by atoms with van der Waals surface area (Å²) in [5.74, 6) is 1.92. The van der Waals surface area contributed by atoms with Crippen LogP contribution in [0, 0.1) is 0 Å². The van der Waals surface area contributed by atoms with Crippen LogP contribution in [0.15, 0.2) is 20.3 Å². The summed E-state index contributed by atoms with van der Waals surface area (Å²) in [6, 6.07) is 0. The molecule has 0 radical (unpaired) electrons. The summed E-state index contributed by atoms with van der Waals surface area (Å²) in [4.78, 5) is 4.60. The van der Waals surface area contributed by atoms with Crippen LogP contribution in [0.4, 0.5) is 0 Å². The molecule has 1 unspecified atom stereocenters. The van der Waals surface area contributed by atoms with Crippen LogP contribution in [-0.2, 0) is 15.6 Å². The summed E-state index contributed by atoms with van der Waals surface area (Å²) in [6.45, 7) is 5.59. The van der Waals surface area contributed by atoms with Crippen molar-refractivity contribution < 1.29 is 9.84 Å². The molecule has 0 bridgehead atoms. The predicted molar refractivity (Wildman–Crippen MR) is 80.5 cm³/mol. The number of nitrogens with zero attached hydrogens (tertiary/aromatic N) is 4. The zero-order chi connectivity index (χ0) is 13.9. The van der Waals surface area contributed by atoms with Gasteiger partial charge in [0.25, 0.3) is 0 Å². The molecule has 2 saturated heterocycles. The molecule has 0 saturated carbocycles. The fourth-order valence-corrected chi connectivity index (χ4v) is 3.75. The van der Waals surface area contributed by atoms with E-state index in [1.54, 1.807) is 0 Å². The second kappa shape index (κ2) is 6.24. The summed E-state index contributed by atoms with van der Waals surface area (Å²) in [5, 5.41) is 9.00. The number of hydrogen-bond donors (Lipinski definition) is 1. The van der Waals surface area contributed by atoms with Gasteiger partial charge in [-0.15, -0.1) is 0 Å². The molecule has 0 spiro atoms. The van der Waals surface area contributed by atoms with Crippen molar-refractivity contribution in [3.63, 3.8) is 0 Å². The third-order valence-corrected chi connectivity index (χ3v) is 4.74. The lowest BCUT2D eigenvalue weighted by Crippen LogP contribution is -2.47. The fourth-order valence-electron chi connectivity index (χ4n) is 2.76. The molecule has 3 rings (SSSR count). The third-order valence-electron chi connectivity index (χ3n) is 3.82. The Bertz CT molecular complexity index is 467. The average molecular weight is 298 g/mol. The first kappa shape index (κ1) is 14.0. The lowest BCUT2D eigenvalue weighted by Gasteiger charge is -2.37. The second-order valence-corrected chi connectivity index (χ2v) is 6.49. The molecule has 0 aromatic rings. The van der Waals surface area contributed by atoms with E-state index in [4.69, 9.17) is 14.2 Å². The summed E-state index contributed by atoms with van der Waals surface area (Å²) in [5.41, 5.74) is 1.10. The number of piperazine rings is 1. The average Bonchev–Trinajstić information content (AvgIpc) is 2.47. The van der Waals surface area contributed by atoms with Gasteiger partial charge in [-0.3, -0.25) is 4.90 Å². The van der Waals surface area contributed by atoms with E-state index in [2.05, 4.69) is 20.5 Å². The zero-order valence-electron chi connectivity index (χ0n) is 11.9. The van der Waals surface area contributed by atoms with Gasteiger partial charge in [0.2, 0.25) is 0 Å². The Labute approximate surface area is 122 Å². The number of fused-ring (bicyclic) bond motifs is 1. The van der Waals surface area contributed by atoms with E-state index in [0.29, 0.717) is 0 Å². The van der Waals surface area contributed by atoms with E-state index in [9.17, 15) is 0 Å². The van der Waals surface area contributed by atoms with E-state index in [1.165, 1.54) is 0 Å². The normalized spacial score (nSPS) is 27.6. The fraction of sp³-hybridized carbons (Fsp3) is 0.769. The van der Waals surface area contributed by atoms with Crippen molar-refractivity contribution in [1.29, 1.82) is 0 Å². The van der Waals surface area contributed by atoms with E-state index in [0.717, 1.165) is 69.5 Å². The number of β-amino-alcohol motifs (C(OH)–C–C–N with tert-alkyl or cyclic N) is 1. The number of aliphatic hydroxyl groups excluding tert-OH is 1. The number of aliphatic hydroxyl groups is 1. The molecule has 0 amide bonds. The maximum Gasteiger partial charge on any atom is 0.184 e. The SMILES string of the molecule is CS1=NC(N2CCN(CCO)CC2)=C2OCCCC2=N1. The van der Waals surface area contributed by atoms with Crippen molar-refractivity contribution in [2.75, 3.05) is 52.2 Å². The van der Waals surface area contributed by atoms with E-state index in [1.807, 2.05) is 0 Å².